The van der Waals surface area contributed by atoms with Crippen LogP contribution in [0.3, 0.4) is 0 Å². The maximum absolute atomic E-state index is 12.2. The van der Waals surface area contributed by atoms with Crippen LogP contribution in [0.15, 0.2) is 54.2 Å². The third-order valence-corrected chi connectivity index (χ3v) is 3.54. The van der Waals surface area contributed by atoms with E-state index in [9.17, 15) is 14.9 Å². The average molecular weight is 357 g/mol. The van der Waals surface area contributed by atoms with E-state index in [0.29, 0.717) is 5.69 Å². The number of hydrogen-bond acceptors (Lipinski definition) is 5. The quantitative estimate of drug-likeness (QED) is 0.364. The molecule has 2 rings (SSSR count). The van der Waals surface area contributed by atoms with Crippen molar-refractivity contribution in [3.8, 4) is 6.07 Å². The van der Waals surface area contributed by atoms with Gasteiger partial charge in [0, 0.05) is 24.0 Å². The number of aryl methyl sites for hydroxylation is 1. The third kappa shape index (κ3) is 4.80. The maximum atomic E-state index is 12.2. The molecule has 0 atom stereocenters. The summed E-state index contributed by atoms with van der Waals surface area (Å²) in [5, 5.41) is 25.3. The van der Waals surface area contributed by atoms with Crippen molar-refractivity contribution in [2.24, 2.45) is 0 Å². The number of amides is 1. The number of nitro groups is 1. The number of halogens is 1. The first-order valence-electron chi connectivity index (χ1n) is 7.09. The largest absolute Gasteiger partial charge is 0.360 e. The summed E-state index contributed by atoms with van der Waals surface area (Å²) in [7, 11) is 0. The number of benzene rings is 2. The fourth-order valence-corrected chi connectivity index (χ4v) is 2.03. The molecule has 8 heteroatoms. The van der Waals surface area contributed by atoms with Crippen molar-refractivity contribution in [3.05, 3.63) is 74.9 Å². The number of carbonyl (C=O) groups is 1. The van der Waals surface area contributed by atoms with Gasteiger partial charge < -0.3 is 10.6 Å². The van der Waals surface area contributed by atoms with E-state index in [2.05, 4.69) is 10.6 Å². The van der Waals surface area contributed by atoms with E-state index in [0.717, 1.165) is 11.6 Å². The minimum absolute atomic E-state index is 0.0531. The van der Waals surface area contributed by atoms with Crippen molar-refractivity contribution in [2.75, 3.05) is 10.6 Å². The molecule has 0 unspecified atom stereocenters. The Hall–Kier alpha value is -3.37. The maximum Gasteiger partial charge on any atom is 0.271 e. The highest BCUT2D eigenvalue weighted by Crippen LogP contribution is 2.27. The van der Waals surface area contributed by atoms with Gasteiger partial charge in [-0.25, -0.2) is 0 Å². The van der Waals surface area contributed by atoms with Crippen LogP contribution in [0.4, 0.5) is 17.1 Å². The first kappa shape index (κ1) is 18.0. The van der Waals surface area contributed by atoms with Crippen LogP contribution in [0, 0.1) is 28.4 Å². The van der Waals surface area contributed by atoms with Crippen molar-refractivity contribution in [2.45, 2.75) is 6.92 Å². The average Bonchev–Trinajstić information content (AvgIpc) is 2.58. The smallest absolute Gasteiger partial charge is 0.271 e. The van der Waals surface area contributed by atoms with Crippen molar-refractivity contribution in [1.82, 2.24) is 0 Å². The molecule has 1 amide bonds. The van der Waals surface area contributed by atoms with E-state index < -0.39 is 10.8 Å². The van der Waals surface area contributed by atoms with Crippen molar-refractivity contribution >= 4 is 34.6 Å². The highest BCUT2D eigenvalue weighted by atomic mass is 35.5. The zero-order valence-electron chi connectivity index (χ0n) is 13.1. The van der Waals surface area contributed by atoms with Gasteiger partial charge in [-0.15, -0.1) is 0 Å². The van der Waals surface area contributed by atoms with Gasteiger partial charge in [0.25, 0.3) is 11.6 Å². The van der Waals surface area contributed by atoms with E-state index >= 15 is 0 Å². The van der Waals surface area contributed by atoms with Crippen molar-refractivity contribution in [3.63, 3.8) is 0 Å². The zero-order chi connectivity index (χ0) is 18.4. The Morgan fingerprint density at radius 3 is 2.56 bits per heavy atom. The molecule has 2 N–H and O–H groups in total. The predicted molar refractivity (Wildman–Crippen MR) is 95.2 cm³/mol. The summed E-state index contributed by atoms with van der Waals surface area (Å²) >= 11 is 5.93. The topological polar surface area (TPSA) is 108 Å². The Kier molecular flexibility index (Phi) is 5.71. The normalized spacial score (nSPS) is 10.7. The van der Waals surface area contributed by atoms with Gasteiger partial charge in [0.05, 0.1) is 15.6 Å². The highest BCUT2D eigenvalue weighted by molar-refractivity contribution is 6.34. The Bertz CT molecular complexity index is 886. The molecule has 7 nitrogen and oxygen atoms in total. The highest BCUT2D eigenvalue weighted by Gasteiger charge is 2.14. The number of nitro benzene ring substituents is 1. The molecule has 25 heavy (non-hydrogen) atoms. The lowest BCUT2D eigenvalue weighted by Gasteiger charge is -2.07. The molecule has 2 aromatic rings. The molecule has 0 aromatic heterocycles. The fraction of sp³-hybridized carbons (Fsp3) is 0.0588. The molecule has 0 saturated carbocycles. The van der Waals surface area contributed by atoms with E-state index in [1.807, 2.05) is 19.1 Å². The van der Waals surface area contributed by atoms with Gasteiger partial charge in [-0.3, -0.25) is 14.9 Å². The van der Waals surface area contributed by atoms with Gasteiger partial charge in [-0.2, -0.15) is 5.26 Å². The lowest BCUT2D eigenvalue weighted by Crippen LogP contribution is -2.15. The Morgan fingerprint density at radius 1 is 1.28 bits per heavy atom. The van der Waals surface area contributed by atoms with E-state index in [4.69, 9.17) is 16.9 Å². The summed E-state index contributed by atoms with van der Waals surface area (Å²) in [6.45, 7) is 1.94. The molecule has 0 spiro atoms. The zero-order valence-corrected chi connectivity index (χ0v) is 13.9. The fourth-order valence-electron chi connectivity index (χ4n) is 1.87. The summed E-state index contributed by atoms with van der Waals surface area (Å²) in [6, 6.07) is 12.8. The molecule has 0 bridgehead atoms. The van der Waals surface area contributed by atoms with Crippen LogP contribution in [-0.2, 0) is 4.79 Å². The first-order valence-corrected chi connectivity index (χ1v) is 7.47. The molecule has 0 aliphatic carbocycles. The molecule has 126 valence electrons. The molecule has 0 saturated heterocycles. The number of nitriles is 1. The number of hydrogen-bond donors (Lipinski definition) is 2. The second kappa shape index (κ2) is 7.95. The number of carbonyl (C=O) groups excluding carboxylic acids is 1. The summed E-state index contributed by atoms with van der Waals surface area (Å²) in [6.07, 6.45) is 1.26. The molecule has 0 aliphatic heterocycles. The van der Waals surface area contributed by atoms with Crippen LogP contribution >= 0.6 is 11.6 Å². The van der Waals surface area contributed by atoms with Crippen LogP contribution in [0.5, 0.6) is 0 Å². The number of anilines is 2. The van der Waals surface area contributed by atoms with Crippen LogP contribution in [0.1, 0.15) is 5.56 Å². The number of nitrogens with one attached hydrogen (secondary N) is 2. The van der Waals surface area contributed by atoms with E-state index in [-0.39, 0.29) is 22.0 Å². The Labute approximate surface area is 148 Å². The first-order chi connectivity index (χ1) is 11.9. The second-order valence-electron chi connectivity index (χ2n) is 5.06. The summed E-state index contributed by atoms with van der Waals surface area (Å²) in [5.41, 5.74) is 1.41. The number of nitrogens with zero attached hydrogens (tertiary/aromatic N) is 2. The van der Waals surface area contributed by atoms with Gasteiger partial charge >= 0.3 is 0 Å². The molecule has 0 heterocycles. The number of rotatable bonds is 5. The van der Waals surface area contributed by atoms with Crippen LogP contribution < -0.4 is 10.6 Å². The standard InChI is InChI=1S/C17H13ClN4O3/c1-11-2-4-13(5-3-11)20-10-12(9-19)17(23)21-16-8-14(22(24)25)6-7-15(16)18/h2-8,10,20H,1H3,(H,21,23)/b12-10-. The summed E-state index contributed by atoms with van der Waals surface area (Å²) < 4.78 is 0. The molecule has 0 aliphatic rings. The van der Waals surface area contributed by atoms with Crippen molar-refractivity contribution < 1.29 is 9.72 Å². The summed E-state index contributed by atoms with van der Waals surface area (Å²) in [5.74, 6) is -0.732. The monoisotopic (exact) mass is 356 g/mol. The van der Waals surface area contributed by atoms with Crippen molar-refractivity contribution in [1.29, 1.82) is 5.26 Å². The predicted octanol–water partition coefficient (Wildman–Crippen LogP) is 4.01. The minimum atomic E-state index is -0.732. The van der Waals surface area contributed by atoms with Gasteiger partial charge in [0.1, 0.15) is 11.6 Å². The van der Waals surface area contributed by atoms with Gasteiger partial charge in [-0.1, -0.05) is 29.3 Å². The van der Waals surface area contributed by atoms with Gasteiger partial charge in [-0.05, 0) is 25.1 Å². The SMILES string of the molecule is Cc1ccc(N/C=C(/C#N)C(=O)Nc2cc([N+](=O)[O-])ccc2Cl)cc1. The lowest BCUT2D eigenvalue weighted by molar-refractivity contribution is -0.384. The van der Waals surface area contributed by atoms with E-state index in [1.54, 1.807) is 18.2 Å². The van der Waals surface area contributed by atoms with E-state index in [1.165, 1.54) is 18.3 Å². The lowest BCUT2D eigenvalue weighted by atomic mass is 10.2. The van der Waals surface area contributed by atoms with Gasteiger partial charge in [0.2, 0.25) is 0 Å². The minimum Gasteiger partial charge on any atom is -0.360 e. The molecule has 0 fully saturated rings. The third-order valence-electron chi connectivity index (χ3n) is 3.21. The van der Waals surface area contributed by atoms with Crippen LogP contribution in [-0.4, -0.2) is 10.8 Å². The molecular weight excluding hydrogens is 344 g/mol. The summed E-state index contributed by atoms with van der Waals surface area (Å²) in [4.78, 5) is 22.4. The Balaban J connectivity index is 2.16. The molecule has 2 aromatic carbocycles. The molecule has 0 radical (unpaired) electrons. The van der Waals surface area contributed by atoms with Crippen LogP contribution in [0.2, 0.25) is 5.02 Å². The second-order valence-corrected chi connectivity index (χ2v) is 5.46. The number of non-ortho nitro benzene ring substituents is 1. The molecular formula is C17H13ClN4O3. The Morgan fingerprint density at radius 2 is 1.96 bits per heavy atom. The van der Waals surface area contributed by atoms with Gasteiger partial charge in [0.15, 0.2) is 0 Å². The van der Waals surface area contributed by atoms with Crippen LogP contribution in [0.25, 0.3) is 0 Å².